The minimum atomic E-state index is 0.0605. The summed E-state index contributed by atoms with van der Waals surface area (Å²) in [6, 6.07) is 10.5. The van der Waals surface area contributed by atoms with Gasteiger partial charge in [-0.2, -0.15) is 0 Å². The van der Waals surface area contributed by atoms with Crippen LogP contribution in [0.2, 0.25) is 0 Å². The third-order valence-electron chi connectivity index (χ3n) is 4.69. The molecular weight excluding hydrogens is 290 g/mol. The van der Waals surface area contributed by atoms with E-state index < -0.39 is 0 Å². The van der Waals surface area contributed by atoms with Gasteiger partial charge in [-0.05, 0) is 35.3 Å². The zero-order valence-electron chi connectivity index (χ0n) is 13.6. The molecule has 6 heteroatoms. The Hall–Kier alpha value is -2.24. The van der Waals surface area contributed by atoms with E-state index in [1.54, 1.807) is 11.0 Å². The monoisotopic (exact) mass is 313 g/mol. The van der Waals surface area contributed by atoms with E-state index in [-0.39, 0.29) is 11.3 Å². The van der Waals surface area contributed by atoms with Crippen molar-refractivity contribution in [1.29, 1.82) is 0 Å². The van der Waals surface area contributed by atoms with E-state index in [0.717, 1.165) is 32.4 Å². The van der Waals surface area contributed by atoms with Crippen molar-refractivity contribution in [2.24, 2.45) is 0 Å². The van der Waals surface area contributed by atoms with Crippen molar-refractivity contribution in [2.45, 2.75) is 44.6 Å². The van der Waals surface area contributed by atoms with Crippen LogP contribution in [0, 0.1) is 0 Å². The van der Waals surface area contributed by atoms with E-state index in [2.05, 4.69) is 46.7 Å². The quantitative estimate of drug-likeness (QED) is 0.847. The van der Waals surface area contributed by atoms with E-state index >= 15 is 0 Å². The highest BCUT2D eigenvalue weighted by Gasteiger charge is 2.34. The van der Waals surface area contributed by atoms with Crippen LogP contribution >= 0.6 is 0 Å². The number of aryl methyl sites for hydroxylation is 1. The van der Waals surface area contributed by atoms with Gasteiger partial charge in [0.1, 0.15) is 6.33 Å². The molecule has 1 saturated heterocycles. The second-order valence-corrected chi connectivity index (χ2v) is 6.52. The number of tetrazole rings is 1. The molecule has 1 aliphatic heterocycles. The van der Waals surface area contributed by atoms with Gasteiger partial charge in [-0.3, -0.25) is 4.79 Å². The molecule has 23 heavy (non-hydrogen) atoms. The molecule has 3 rings (SSSR count). The zero-order valence-corrected chi connectivity index (χ0v) is 13.6. The summed E-state index contributed by atoms with van der Waals surface area (Å²) in [5, 5.41) is 11.0. The molecular formula is C17H23N5O. The Kier molecular flexibility index (Phi) is 4.69. The first kappa shape index (κ1) is 15.6. The van der Waals surface area contributed by atoms with Crippen molar-refractivity contribution in [3.63, 3.8) is 0 Å². The Balaban J connectivity index is 1.56. The number of benzene rings is 1. The molecule has 1 atom stereocenters. The highest BCUT2D eigenvalue weighted by molar-refractivity contribution is 5.76. The molecule has 0 aliphatic carbocycles. The lowest BCUT2D eigenvalue weighted by Crippen LogP contribution is -2.47. The molecule has 2 aromatic rings. The fourth-order valence-corrected chi connectivity index (χ4v) is 3.36. The number of nitrogens with zero attached hydrogens (tertiary/aromatic N) is 5. The van der Waals surface area contributed by atoms with Crippen LogP contribution in [0.3, 0.4) is 0 Å². The van der Waals surface area contributed by atoms with Gasteiger partial charge in [0, 0.05) is 31.5 Å². The smallest absolute Gasteiger partial charge is 0.222 e. The predicted molar refractivity (Wildman–Crippen MR) is 86.7 cm³/mol. The van der Waals surface area contributed by atoms with Crippen LogP contribution in [-0.2, 0) is 16.8 Å². The van der Waals surface area contributed by atoms with Crippen LogP contribution in [-0.4, -0.2) is 44.1 Å². The number of carbonyl (C=O) groups is 1. The molecule has 1 aliphatic rings. The normalized spacial score (nSPS) is 21.3. The molecule has 0 N–H and O–H groups in total. The number of hydrogen-bond donors (Lipinski definition) is 0. The maximum absolute atomic E-state index is 12.5. The molecule has 122 valence electrons. The van der Waals surface area contributed by atoms with Crippen molar-refractivity contribution in [1.82, 2.24) is 25.1 Å². The molecule has 1 aromatic carbocycles. The van der Waals surface area contributed by atoms with E-state index in [9.17, 15) is 4.79 Å². The minimum absolute atomic E-state index is 0.0605. The summed E-state index contributed by atoms with van der Waals surface area (Å²) in [4.78, 5) is 14.5. The molecule has 1 fully saturated rings. The number of aromatic nitrogens is 4. The van der Waals surface area contributed by atoms with Crippen molar-refractivity contribution in [3.05, 3.63) is 42.2 Å². The Morgan fingerprint density at radius 2 is 2.13 bits per heavy atom. The molecule has 0 saturated carbocycles. The third kappa shape index (κ3) is 3.75. The van der Waals surface area contributed by atoms with Gasteiger partial charge in [0.2, 0.25) is 5.91 Å². The molecule has 0 bridgehead atoms. The summed E-state index contributed by atoms with van der Waals surface area (Å²) >= 11 is 0. The van der Waals surface area contributed by atoms with E-state index in [1.807, 2.05) is 11.0 Å². The molecule has 2 heterocycles. The number of hydrogen-bond acceptors (Lipinski definition) is 4. The number of rotatable bonds is 5. The first-order valence-corrected chi connectivity index (χ1v) is 8.21. The highest BCUT2D eigenvalue weighted by Crippen LogP contribution is 2.33. The average molecular weight is 313 g/mol. The van der Waals surface area contributed by atoms with Gasteiger partial charge in [0.25, 0.3) is 0 Å². The molecule has 0 unspecified atom stereocenters. The van der Waals surface area contributed by atoms with Crippen molar-refractivity contribution >= 4 is 5.91 Å². The van der Waals surface area contributed by atoms with Crippen LogP contribution in [0.4, 0.5) is 0 Å². The SMILES string of the molecule is C[C@@]1(c2ccccc2)CCCN(C(=O)CCCn2cnnn2)C1. The Morgan fingerprint density at radius 3 is 2.87 bits per heavy atom. The summed E-state index contributed by atoms with van der Waals surface area (Å²) in [6.07, 6.45) is 5.08. The van der Waals surface area contributed by atoms with Crippen molar-refractivity contribution in [2.75, 3.05) is 13.1 Å². The number of piperidine rings is 1. The highest BCUT2D eigenvalue weighted by atomic mass is 16.2. The number of amides is 1. The topological polar surface area (TPSA) is 63.9 Å². The van der Waals surface area contributed by atoms with Crippen molar-refractivity contribution < 1.29 is 4.79 Å². The lowest BCUT2D eigenvalue weighted by molar-refractivity contribution is -0.133. The summed E-state index contributed by atoms with van der Waals surface area (Å²) < 4.78 is 1.66. The predicted octanol–water partition coefficient (Wildman–Crippen LogP) is 2.03. The summed E-state index contributed by atoms with van der Waals surface area (Å²) in [7, 11) is 0. The fraction of sp³-hybridized carbons (Fsp3) is 0.529. The van der Waals surface area contributed by atoms with E-state index in [4.69, 9.17) is 0 Å². The lowest BCUT2D eigenvalue weighted by atomic mass is 9.76. The Labute approximate surface area is 136 Å². The summed E-state index contributed by atoms with van der Waals surface area (Å²) in [5.41, 5.74) is 1.39. The van der Waals surface area contributed by atoms with Crippen LogP contribution in [0.5, 0.6) is 0 Å². The Morgan fingerprint density at radius 1 is 1.30 bits per heavy atom. The van der Waals surface area contributed by atoms with Crippen LogP contribution in [0.15, 0.2) is 36.7 Å². The average Bonchev–Trinajstić information content (AvgIpc) is 3.09. The van der Waals surface area contributed by atoms with E-state index in [1.165, 1.54) is 5.56 Å². The van der Waals surface area contributed by atoms with E-state index in [0.29, 0.717) is 13.0 Å². The second-order valence-electron chi connectivity index (χ2n) is 6.52. The number of carbonyl (C=O) groups excluding carboxylic acids is 1. The zero-order chi connectivity index (χ0) is 16.1. The third-order valence-corrected chi connectivity index (χ3v) is 4.69. The summed E-state index contributed by atoms with van der Waals surface area (Å²) in [6.45, 7) is 4.62. The molecule has 6 nitrogen and oxygen atoms in total. The molecule has 1 amide bonds. The molecule has 0 radical (unpaired) electrons. The van der Waals surface area contributed by atoms with Gasteiger partial charge in [-0.15, -0.1) is 5.10 Å². The maximum atomic E-state index is 12.5. The van der Waals surface area contributed by atoms with Crippen LogP contribution < -0.4 is 0 Å². The summed E-state index contributed by atoms with van der Waals surface area (Å²) in [5.74, 6) is 0.236. The van der Waals surface area contributed by atoms with Crippen LogP contribution in [0.1, 0.15) is 38.2 Å². The molecule has 0 spiro atoms. The van der Waals surface area contributed by atoms with Gasteiger partial charge in [-0.25, -0.2) is 4.68 Å². The lowest BCUT2D eigenvalue weighted by Gasteiger charge is -2.41. The Bertz CT molecular complexity index is 628. The largest absolute Gasteiger partial charge is 0.342 e. The minimum Gasteiger partial charge on any atom is -0.342 e. The standard InChI is InChI=1S/C17H23N5O/c1-17(15-7-3-2-4-8-15)10-6-11-21(13-17)16(23)9-5-12-22-14-18-19-20-22/h2-4,7-8,14H,5-6,9-13H2,1H3/t17-/m1/s1. The van der Waals surface area contributed by atoms with Gasteiger partial charge >= 0.3 is 0 Å². The number of likely N-dealkylation sites (tertiary alicyclic amines) is 1. The first-order valence-electron chi connectivity index (χ1n) is 8.21. The first-order chi connectivity index (χ1) is 11.2. The van der Waals surface area contributed by atoms with Crippen molar-refractivity contribution in [3.8, 4) is 0 Å². The van der Waals surface area contributed by atoms with Crippen LogP contribution in [0.25, 0.3) is 0 Å². The van der Waals surface area contributed by atoms with Gasteiger partial charge in [0.15, 0.2) is 0 Å². The molecule has 1 aromatic heterocycles. The second kappa shape index (κ2) is 6.89. The van der Waals surface area contributed by atoms with Gasteiger partial charge < -0.3 is 4.90 Å². The maximum Gasteiger partial charge on any atom is 0.222 e. The fourth-order valence-electron chi connectivity index (χ4n) is 3.36. The van der Waals surface area contributed by atoms with Gasteiger partial charge in [-0.1, -0.05) is 37.3 Å². The van der Waals surface area contributed by atoms with Gasteiger partial charge in [0.05, 0.1) is 0 Å².